The Hall–Kier alpha value is -0.0800. The van der Waals surface area contributed by atoms with Crippen LogP contribution in [0.2, 0.25) is 0 Å². The third kappa shape index (κ3) is 5.53. The van der Waals surface area contributed by atoms with E-state index in [4.69, 9.17) is 4.74 Å². The average molecular weight is 213 g/mol. The van der Waals surface area contributed by atoms with E-state index in [1.165, 1.54) is 51.5 Å². The summed E-state index contributed by atoms with van der Waals surface area (Å²) in [7, 11) is 1.77. The molecule has 1 aliphatic rings. The van der Waals surface area contributed by atoms with Crippen molar-refractivity contribution in [1.82, 2.24) is 5.32 Å². The fourth-order valence-electron chi connectivity index (χ4n) is 2.47. The smallest absolute Gasteiger partial charge is 0.0462 e. The summed E-state index contributed by atoms with van der Waals surface area (Å²) in [5, 5.41) is 3.60. The van der Waals surface area contributed by atoms with Crippen LogP contribution in [0, 0.1) is 5.41 Å². The molecule has 0 saturated heterocycles. The summed E-state index contributed by atoms with van der Waals surface area (Å²) >= 11 is 0. The van der Waals surface area contributed by atoms with Crippen molar-refractivity contribution in [2.75, 3.05) is 26.8 Å². The van der Waals surface area contributed by atoms with Crippen LogP contribution in [0.1, 0.15) is 51.9 Å². The highest BCUT2D eigenvalue weighted by Gasteiger charge is 2.25. The summed E-state index contributed by atoms with van der Waals surface area (Å²) in [6.07, 6.45) is 9.56. The van der Waals surface area contributed by atoms with E-state index in [2.05, 4.69) is 12.2 Å². The number of hydrogen-bond acceptors (Lipinski definition) is 2. The van der Waals surface area contributed by atoms with Crippen molar-refractivity contribution in [3.05, 3.63) is 0 Å². The van der Waals surface area contributed by atoms with Gasteiger partial charge < -0.3 is 10.1 Å². The molecular weight excluding hydrogens is 186 g/mol. The van der Waals surface area contributed by atoms with E-state index in [0.29, 0.717) is 5.41 Å². The molecule has 15 heavy (non-hydrogen) atoms. The highest BCUT2D eigenvalue weighted by Crippen LogP contribution is 2.34. The quantitative estimate of drug-likeness (QED) is 0.656. The van der Waals surface area contributed by atoms with E-state index in [1.54, 1.807) is 7.11 Å². The molecule has 0 heterocycles. The molecule has 1 rings (SSSR count). The number of nitrogens with one attached hydrogen (secondary N) is 1. The Balaban J connectivity index is 1.98. The molecule has 0 spiro atoms. The van der Waals surface area contributed by atoms with Crippen molar-refractivity contribution in [2.24, 2.45) is 5.41 Å². The topological polar surface area (TPSA) is 21.3 Å². The van der Waals surface area contributed by atoms with Gasteiger partial charge in [-0.3, -0.25) is 0 Å². The van der Waals surface area contributed by atoms with E-state index in [-0.39, 0.29) is 0 Å². The van der Waals surface area contributed by atoms with Crippen molar-refractivity contribution >= 4 is 0 Å². The third-order valence-electron chi connectivity index (χ3n) is 3.56. The van der Waals surface area contributed by atoms with E-state index in [9.17, 15) is 0 Å². The van der Waals surface area contributed by atoms with Crippen molar-refractivity contribution in [1.29, 1.82) is 0 Å². The molecule has 2 nitrogen and oxygen atoms in total. The lowest BCUT2D eigenvalue weighted by molar-refractivity contribution is 0.188. The van der Waals surface area contributed by atoms with Crippen LogP contribution in [0.25, 0.3) is 0 Å². The number of ether oxygens (including phenoxy) is 1. The minimum atomic E-state index is 0.583. The molecule has 0 aromatic heterocycles. The van der Waals surface area contributed by atoms with Gasteiger partial charge in [0.2, 0.25) is 0 Å². The van der Waals surface area contributed by atoms with Crippen LogP contribution in [0.15, 0.2) is 0 Å². The van der Waals surface area contributed by atoms with Gasteiger partial charge in [0.25, 0.3) is 0 Å². The molecule has 0 aromatic carbocycles. The summed E-state index contributed by atoms with van der Waals surface area (Å²) < 4.78 is 5.03. The number of unbranched alkanes of at least 4 members (excludes halogenated alkanes) is 1. The molecule has 1 fully saturated rings. The zero-order chi connectivity index (χ0) is 11.0. The van der Waals surface area contributed by atoms with Crippen molar-refractivity contribution in [3.8, 4) is 0 Å². The second-order valence-corrected chi connectivity index (χ2v) is 5.25. The van der Waals surface area contributed by atoms with Gasteiger partial charge in [0, 0.05) is 20.3 Å². The summed E-state index contributed by atoms with van der Waals surface area (Å²) in [4.78, 5) is 0. The molecule has 0 atom stereocenters. The van der Waals surface area contributed by atoms with Gasteiger partial charge in [-0.2, -0.15) is 0 Å². The first-order valence-electron chi connectivity index (χ1n) is 6.46. The van der Waals surface area contributed by atoms with Crippen LogP contribution >= 0.6 is 0 Å². The van der Waals surface area contributed by atoms with E-state index in [1.807, 2.05) is 0 Å². The predicted octanol–water partition coefficient (Wildman–Crippen LogP) is 2.97. The minimum absolute atomic E-state index is 0.583. The van der Waals surface area contributed by atoms with E-state index >= 15 is 0 Å². The molecule has 1 N–H and O–H groups in total. The predicted molar refractivity (Wildman–Crippen MR) is 65.2 cm³/mol. The number of hydrogen-bond donors (Lipinski definition) is 1. The highest BCUT2D eigenvalue weighted by atomic mass is 16.5. The zero-order valence-corrected chi connectivity index (χ0v) is 10.5. The van der Waals surface area contributed by atoms with Crippen LogP contribution in [-0.4, -0.2) is 26.8 Å². The van der Waals surface area contributed by atoms with Gasteiger partial charge in [-0.25, -0.2) is 0 Å². The molecule has 0 bridgehead atoms. The zero-order valence-electron chi connectivity index (χ0n) is 10.5. The van der Waals surface area contributed by atoms with Gasteiger partial charge in [-0.15, -0.1) is 0 Å². The maximum Gasteiger partial charge on any atom is 0.0462 e. The number of methoxy groups -OCH3 is 1. The Labute approximate surface area is 94.8 Å². The highest BCUT2D eigenvalue weighted by molar-refractivity contribution is 4.80. The summed E-state index contributed by atoms with van der Waals surface area (Å²) in [5.74, 6) is 0. The lowest BCUT2D eigenvalue weighted by atomic mass is 9.76. The second kappa shape index (κ2) is 7.24. The van der Waals surface area contributed by atoms with Gasteiger partial charge in [0.05, 0.1) is 0 Å². The molecule has 90 valence electrons. The van der Waals surface area contributed by atoms with E-state index in [0.717, 1.165) is 13.2 Å². The normalized spacial score (nSPS) is 20.4. The first kappa shape index (κ1) is 13.0. The summed E-state index contributed by atoms with van der Waals surface area (Å²) in [5.41, 5.74) is 0.583. The third-order valence-corrected chi connectivity index (χ3v) is 3.56. The van der Waals surface area contributed by atoms with Gasteiger partial charge in [0.15, 0.2) is 0 Å². The molecular formula is C13H27NO. The minimum Gasteiger partial charge on any atom is -0.385 e. The van der Waals surface area contributed by atoms with Crippen LogP contribution in [0.4, 0.5) is 0 Å². The first-order chi connectivity index (χ1) is 7.27. The lowest BCUT2D eigenvalue weighted by Gasteiger charge is -2.33. The Bertz CT molecular complexity index is 153. The lowest BCUT2D eigenvalue weighted by Crippen LogP contribution is -2.34. The maximum atomic E-state index is 5.03. The van der Waals surface area contributed by atoms with Crippen LogP contribution in [0.5, 0.6) is 0 Å². The monoisotopic (exact) mass is 213 g/mol. The van der Waals surface area contributed by atoms with Gasteiger partial charge in [0.1, 0.15) is 0 Å². The Morgan fingerprint density at radius 2 is 1.87 bits per heavy atom. The SMILES string of the molecule is COCCCCNCC1(C)CCCCC1. The summed E-state index contributed by atoms with van der Waals surface area (Å²) in [6.45, 7) is 5.70. The maximum absolute atomic E-state index is 5.03. The fraction of sp³-hybridized carbons (Fsp3) is 1.00. The van der Waals surface area contributed by atoms with Crippen molar-refractivity contribution in [2.45, 2.75) is 51.9 Å². The molecule has 1 aliphatic carbocycles. The molecule has 0 unspecified atom stereocenters. The molecule has 2 heteroatoms. The molecule has 1 saturated carbocycles. The molecule has 0 aromatic rings. The van der Waals surface area contributed by atoms with Crippen LogP contribution < -0.4 is 5.32 Å². The summed E-state index contributed by atoms with van der Waals surface area (Å²) in [6, 6.07) is 0. The Morgan fingerprint density at radius 1 is 1.13 bits per heavy atom. The fourth-order valence-corrected chi connectivity index (χ4v) is 2.47. The van der Waals surface area contributed by atoms with Gasteiger partial charge in [-0.05, 0) is 37.6 Å². The van der Waals surface area contributed by atoms with Crippen molar-refractivity contribution in [3.63, 3.8) is 0 Å². The van der Waals surface area contributed by atoms with Gasteiger partial charge >= 0.3 is 0 Å². The van der Waals surface area contributed by atoms with Crippen LogP contribution in [0.3, 0.4) is 0 Å². The largest absolute Gasteiger partial charge is 0.385 e. The average Bonchev–Trinajstić information content (AvgIpc) is 2.24. The molecule has 0 radical (unpaired) electrons. The van der Waals surface area contributed by atoms with Crippen LogP contribution in [-0.2, 0) is 4.74 Å². The molecule has 0 aliphatic heterocycles. The number of rotatable bonds is 7. The Kier molecular flexibility index (Phi) is 6.26. The van der Waals surface area contributed by atoms with Gasteiger partial charge in [-0.1, -0.05) is 26.2 Å². The first-order valence-corrected chi connectivity index (χ1v) is 6.46. The Morgan fingerprint density at radius 3 is 2.53 bits per heavy atom. The molecule has 0 amide bonds. The van der Waals surface area contributed by atoms with E-state index < -0.39 is 0 Å². The van der Waals surface area contributed by atoms with Crippen molar-refractivity contribution < 1.29 is 4.74 Å². The second-order valence-electron chi connectivity index (χ2n) is 5.25. The standard InChI is InChI=1S/C13H27NO/c1-13(8-4-3-5-9-13)12-14-10-6-7-11-15-2/h14H,3-12H2,1-2H3.